The van der Waals surface area contributed by atoms with Gasteiger partial charge in [-0.2, -0.15) is 0 Å². The van der Waals surface area contributed by atoms with Gasteiger partial charge in [-0.25, -0.2) is 14.5 Å². The van der Waals surface area contributed by atoms with Crippen molar-refractivity contribution >= 4 is 34.5 Å². The molecule has 0 radical (unpaired) electrons. The second kappa shape index (κ2) is 6.13. The monoisotopic (exact) mass is 315 g/mol. The number of hydrogen-bond acceptors (Lipinski definition) is 6. The van der Waals surface area contributed by atoms with Crippen molar-refractivity contribution in [3.8, 4) is 0 Å². The first-order valence-corrected chi connectivity index (χ1v) is 6.62. The number of aromatic nitrogens is 5. The van der Waals surface area contributed by atoms with Gasteiger partial charge in [-0.3, -0.25) is 10.1 Å². The molecule has 118 valence electrons. The van der Waals surface area contributed by atoms with Gasteiger partial charge in [-0.05, 0) is 18.2 Å². The molecule has 2 amide bonds. The number of benzene rings is 1. The molecule has 1 aromatic carbocycles. The summed E-state index contributed by atoms with van der Waals surface area (Å²) in [6, 6.07) is 5.34. The highest BCUT2D eigenvalue weighted by Gasteiger charge is 2.09. The lowest BCUT2D eigenvalue weighted by Crippen LogP contribution is -2.19. The van der Waals surface area contributed by atoms with Gasteiger partial charge in [0.1, 0.15) is 6.54 Å². The van der Waals surface area contributed by atoms with Gasteiger partial charge in [0.25, 0.3) is 0 Å². The number of carbonyl (C=O) groups excluding carboxylic acids is 2. The molecule has 10 nitrogen and oxygen atoms in total. The van der Waals surface area contributed by atoms with Crippen molar-refractivity contribution in [1.29, 1.82) is 0 Å². The van der Waals surface area contributed by atoms with Crippen LogP contribution in [0.3, 0.4) is 0 Å². The molecule has 23 heavy (non-hydrogen) atoms. The number of methoxy groups -OCH3 is 1. The standard InChI is InChI=1S/C13H13N7O3/c1-23-13(22)17-11-5-20(19-18-11)6-12(21)16-8-2-3-9-10(4-8)15-7-14-9/h2-5,7H,6H2,1H3,(H,14,15)(H,16,21)(H,17,22). The van der Waals surface area contributed by atoms with Crippen LogP contribution in [0.2, 0.25) is 0 Å². The zero-order chi connectivity index (χ0) is 16.2. The van der Waals surface area contributed by atoms with Gasteiger partial charge in [-0.15, -0.1) is 5.10 Å². The summed E-state index contributed by atoms with van der Waals surface area (Å²) in [7, 11) is 1.24. The van der Waals surface area contributed by atoms with Gasteiger partial charge in [0.15, 0.2) is 5.82 Å². The highest BCUT2D eigenvalue weighted by molar-refractivity contribution is 5.92. The molecule has 0 aliphatic heterocycles. The van der Waals surface area contributed by atoms with E-state index in [0.717, 1.165) is 11.0 Å². The third kappa shape index (κ3) is 3.43. The average molecular weight is 315 g/mol. The molecule has 10 heteroatoms. The van der Waals surface area contributed by atoms with E-state index in [1.807, 2.05) is 0 Å². The van der Waals surface area contributed by atoms with Gasteiger partial charge in [0.2, 0.25) is 5.91 Å². The molecule has 0 fully saturated rings. The maximum atomic E-state index is 12.0. The third-order valence-corrected chi connectivity index (χ3v) is 2.96. The first-order valence-electron chi connectivity index (χ1n) is 6.62. The van der Waals surface area contributed by atoms with Crippen LogP contribution < -0.4 is 10.6 Å². The van der Waals surface area contributed by atoms with Gasteiger partial charge < -0.3 is 15.0 Å². The molecule has 2 heterocycles. The number of nitrogens with zero attached hydrogens (tertiary/aromatic N) is 4. The molecule has 0 bridgehead atoms. The molecular formula is C13H13N7O3. The molecule has 0 aliphatic rings. The highest BCUT2D eigenvalue weighted by atomic mass is 16.5. The maximum absolute atomic E-state index is 12.0. The maximum Gasteiger partial charge on any atom is 0.412 e. The van der Waals surface area contributed by atoms with Crippen molar-refractivity contribution in [1.82, 2.24) is 25.0 Å². The van der Waals surface area contributed by atoms with E-state index in [0.29, 0.717) is 5.69 Å². The predicted molar refractivity (Wildman–Crippen MR) is 80.8 cm³/mol. The second-order valence-corrected chi connectivity index (χ2v) is 4.60. The van der Waals surface area contributed by atoms with Crippen LogP contribution in [0.5, 0.6) is 0 Å². The lowest BCUT2D eigenvalue weighted by molar-refractivity contribution is -0.116. The lowest BCUT2D eigenvalue weighted by Gasteiger charge is -2.04. The number of anilines is 2. The van der Waals surface area contributed by atoms with E-state index >= 15 is 0 Å². The summed E-state index contributed by atoms with van der Waals surface area (Å²) in [5, 5.41) is 12.6. The van der Waals surface area contributed by atoms with E-state index < -0.39 is 6.09 Å². The van der Waals surface area contributed by atoms with Crippen molar-refractivity contribution in [2.75, 3.05) is 17.7 Å². The van der Waals surface area contributed by atoms with E-state index in [-0.39, 0.29) is 18.3 Å². The van der Waals surface area contributed by atoms with Crippen LogP contribution >= 0.6 is 0 Å². The van der Waals surface area contributed by atoms with E-state index in [1.54, 1.807) is 24.5 Å². The van der Waals surface area contributed by atoms with Crippen molar-refractivity contribution < 1.29 is 14.3 Å². The van der Waals surface area contributed by atoms with Gasteiger partial charge in [-0.1, -0.05) is 5.21 Å². The molecule has 0 saturated carbocycles. The lowest BCUT2D eigenvalue weighted by atomic mass is 10.3. The van der Waals surface area contributed by atoms with Gasteiger partial charge in [0.05, 0.1) is 30.7 Å². The van der Waals surface area contributed by atoms with E-state index in [2.05, 4.69) is 35.7 Å². The van der Waals surface area contributed by atoms with Crippen molar-refractivity contribution in [2.45, 2.75) is 6.54 Å². The summed E-state index contributed by atoms with van der Waals surface area (Å²) in [5.41, 5.74) is 2.28. The number of nitrogens with one attached hydrogen (secondary N) is 3. The summed E-state index contributed by atoms with van der Waals surface area (Å²) in [5.74, 6) is -0.0816. The fourth-order valence-corrected chi connectivity index (χ4v) is 1.95. The minimum Gasteiger partial charge on any atom is -0.453 e. The number of hydrogen-bond donors (Lipinski definition) is 3. The van der Waals surface area contributed by atoms with Crippen LogP contribution in [0.4, 0.5) is 16.3 Å². The normalized spacial score (nSPS) is 10.5. The van der Waals surface area contributed by atoms with E-state index in [4.69, 9.17) is 0 Å². The van der Waals surface area contributed by atoms with Crippen LogP contribution in [-0.2, 0) is 16.1 Å². The molecule has 3 N–H and O–H groups in total. The SMILES string of the molecule is COC(=O)Nc1cn(CC(=O)Nc2ccc3nc[nH]c3c2)nn1. The fraction of sp³-hybridized carbons (Fsp3) is 0.154. The number of H-pyrrole nitrogens is 1. The van der Waals surface area contributed by atoms with Gasteiger partial charge >= 0.3 is 6.09 Å². The Morgan fingerprint density at radius 1 is 1.35 bits per heavy atom. The first-order chi connectivity index (χ1) is 11.1. The number of amides is 2. The first kappa shape index (κ1) is 14.5. The number of imidazole rings is 1. The molecular weight excluding hydrogens is 302 g/mol. The number of fused-ring (bicyclic) bond motifs is 1. The largest absolute Gasteiger partial charge is 0.453 e. The third-order valence-electron chi connectivity index (χ3n) is 2.96. The summed E-state index contributed by atoms with van der Waals surface area (Å²) in [6.45, 7) is -0.0448. The Morgan fingerprint density at radius 3 is 3.04 bits per heavy atom. The Bertz CT molecular complexity index is 854. The zero-order valence-corrected chi connectivity index (χ0v) is 12.1. The van der Waals surface area contributed by atoms with Gasteiger partial charge in [0, 0.05) is 5.69 Å². The Hall–Kier alpha value is -3.43. The molecule has 0 unspecified atom stereocenters. The fourth-order valence-electron chi connectivity index (χ4n) is 1.95. The molecule has 2 aromatic heterocycles. The topological polar surface area (TPSA) is 127 Å². The Kier molecular flexibility index (Phi) is 3.87. The molecule has 3 aromatic rings. The molecule has 0 atom stereocenters. The van der Waals surface area contributed by atoms with Crippen LogP contribution in [0.25, 0.3) is 11.0 Å². The predicted octanol–water partition coefficient (Wildman–Crippen LogP) is 0.971. The minimum atomic E-state index is -0.658. The zero-order valence-electron chi connectivity index (χ0n) is 12.1. The number of ether oxygens (including phenoxy) is 1. The quantitative estimate of drug-likeness (QED) is 0.658. The Balaban J connectivity index is 1.61. The van der Waals surface area contributed by atoms with Crippen molar-refractivity contribution in [3.05, 3.63) is 30.7 Å². The Labute approximate surface area is 129 Å². The smallest absolute Gasteiger partial charge is 0.412 e. The van der Waals surface area contributed by atoms with E-state index in [1.165, 1.54) is 18.0 Å². The van der Waals surface area contributed by atoms with Crippen molar-refractivity contribution in [2.24, 2.45) is 0 Å². The summed E-state index contributed by atoms with van der Waals surface area (Å²) < 4.78 is 5.74. The number of aromatic amines is 1. The molecule has 0 saturated heterocycles. The van der Waals surface area contributed by atoms with Crippen LogP contribution in [0.15, 0.2) is 30.7 Å². The highest BCUT2D eigenvalue weighted by Crippen LogP contribution is 2.15. The molecule has 3 rings (SSSR count). The minimum absolute atomic E-state index is 0.0448. The summed E-state index contributed by atoms with van der Waals surface area (Å²) >= 11 is 0. The average Bonchev–Trinajstić information content (AvgIpc) is 3.15. The molecule has 0 aliphatic carbocycles. The van der Waals surface area contributed by atoms with Crippen molar-refractivity contribution in [3.63, 3.8) is 0 Å². The Morgan fingerprint density at radius 2 is 2.22 bits per heavy atom. The number of rotatable bonds is 4. The van der Waals surface area contributed by atoms with Crippen LogP contribution in [-0.4, -0.2) is 44.1 Å². The summed E-state index contributed by atoms with van der Waals surface area (Å²) in [4.78, 5) is 30.1. The number of carbonyl (C=O) groups is 2. The van der Waals surface area contributed by atoms with Crippen LogP contribution in [0.1, 0.15) is 0 Å². The molecule has 0 spiro atoms. The second-order valence-electron chi connectivity index (χ2n) is 4.60. The van der Waals surface area contributed by atoms with Crippen LogP contribution in [0, 0.1) is 0 Å². The van der Waals surface area contributed by atoms with E-state index in [9.17, 15) is 9.59 Å². The summed E-state index contributed by atoms with van der Waals surface area (Å²) in [6.07, 6.45) is 2.35.